The van der Waals surface area contributed by atoms with Crippen molar-refractivity contribution in [2.45, 2.75) is 18.4 Å². The number of carbonyl (C=O) groups excluding carboxylic acids is 2. The lowest BCUT2D eigenvalue weighted by atomic mass is 10.2. The zero-order valence-electron chi connectivity index (χ0n) is 16.6. The van der Waals surface area contributed by atoms with Crippen LogP contribution in [0.2, 0.25) is 0 Å². The molecule has 0 N–H and O–H groups in total. The minimum Gasteiger partial charge on any atom is -0.496 e. The molecule has 2 aromatic carbocycles. The number of likely N-dealkylation sites (N-methyl/N-ethyl adjacent to an activating group) is 1. The van der Waals surface area contributed by atoms with Gasteiger partial charge in [0.15, 0.2) is 18.1 Å². The van der Waals surface area contributed by atoms with Crippen molar-refractivity contribution >= 4 is 23.6 Å². The average molecular weight is 417 g/mol. The van der Waals surface area contributed by atoms with Crippen LogP contribution in [0.25, 0.3) is 0 Å². The molecular weight excluding hydrogens is 394 g/mol. The molecule has 1 amide bonds. The molecule has 0 aromatic heterocycles. The van der Waals surface area contributed by atoms with Crippen molar-refractivity contribution in [2.75, 3.05) is 33.3 Å². The lowest BCUT2D eigenvalue weighted by Crippen LogP contribution is -2.34. The molecule has 0 fully saturated rings. The highest BCUT2D eigenvalue weighted by Crippen LogP contribution is 2.32. The van der Waals surface area contributed by atoms with Gasteiger partial charge in [0.05, 0.1) is 7.11 Å². The first-order valence-electron chi connectivity index (χ1n) is 9.11. The zero-order chi connectivity index (χ0) is 20.8. The van der Waals surface area contributed by atoms with Gasteiger partial charge in [0.2, 0.25) is 6.79 Å². The molecule has 0 spiro atoms. The molecule has 2 aromatic rings. The molecule has 29 heavy (non-hydrogen) atoms. The van der Waals surface area contributed by atoms with Crippen LogP contribution in [0, 0.1) is 0 Å². The number of carbonyl (C=O) groups is 2. The maximum Gasteiger partial charge on any atom is 0.342 e. The van der Waals surface area contributed by atoms with Gasteiger partial charge < -0.3 is 23.8 Å². The normalized spacial score (nSPS) is 11.8. The maximum absolute atomic E-state index is 12.6. The summed E-state index contributed by atoms with van der Waals surface area (Å²) in [7, 11) is 1.49. The molecule has 0 radical (unpaired) electrons. The van der Waals surface area contributed by atoms with Crippen LogP contribution in [-0.2, 0) is 16.1 Å². The lowest BCUT2D eigenvalue weighted by molar-refractivity contribution is -0.134. The summed E-state index contributed by atoms with van der Waals surface area (Å²) >= 11 is 1.54. The van der Waals surface area contributed by atoms with Crippen molar-refractivity contribution in [1.29, 1.82) is 0 Å². The second-order valence-corrected chi connectivity index (χ2v) is 7.12. The molecule has 0 saturated carbocycles. The Bertz CT molecular complexity index is 901. The van der Waals surface area contributed by atoms with Crippen LogP contribution in [0.4, 0.5) is 0 Å². The van der Waals surface area contributed by atoms with E-state index in [2.05, 4.69) is 0 Å². The monoisotopic (exact) mass is 417 g/mol. The number of amides is 1. The van der Waals surface area contributed by atoms with Gasteiger partial charge in [-0.05, 0) is 49.1 Å². The summed E-state index contributed by atoms with van der Waals surface area (Å²) in [5.74, 6) is 0.902. The minimum atomic E-state index is -0.595. The quantitative estimate of drug-likeness (QED) is 0.482. The van der Waals surface area contributed by atoms with E-state index in [1.165, 1.54) is 7.11 Å². The molecule has 7 nitrogen and oxygen atoms in total. The predicted octanol–water partition coefficient (Wildman–Crippen LogP) is 3.35. The van der Waals surface area contributed by atoms with Gasteiger partial charge in [0.25, 0.3) is 5.91 Å². The molecular formula is C21H23NO6S. The molecule has 0 atom stereocenters. The van der Waals surface area contributed by atoms with Crippen LogP contribution >= 0.6 is 11.8 Å². The van der Waals surface area contributed by atoms with Crippen molar-refractivity contribution in [3.8, 4) is 17.2 Å². The third-order valence-corrected chi connectivity index (χ3v) is 5.23. The van der Waals surface area contributed by atoms with Gasteiger partial charge in [-0.2, -0.15) is 0 Å². The number of methoxy groups -OCH3 is 1. The molecule has 154 valence electrons. The van der Waals surface area contributed by atoms with E-state index in [0.717, 1.165) is 10.5 Å². The molecule has 3 rings (SSSR count). The number of thioether (sulfide) groups is 1. The molecule has 1 aliphatic heterocycles. The Labute approximate surface area is 173 Å². The van der Waals surface area contributed by atoms with E-state index in [-0.39, 0.29) is 24.9 Å². The van der Waals surface area contributed by atoms with Crippen LogP contribution in [-0.4, -0.2) is 50.1 Å². The first-order valence-corrected chi connectivity index (χ1v) is 10.3. The number of benzene rings is 2. The van der Waals surface area contributed by atoms with Gasteiger partial charge in [0.1, 0.15) is 11.3 Å². The second-order valence-electron chi connectivity index (χ2n) is 6.24. The van der Waals surface area contributed by atoms with E-state index in [9.17, 15) is 9.59 Å². The Morgan fingerprint density at radius 1 is 1.14 bits per heavy atom. The van der Waals surface area contributed by atoms with E-state index in [4.69, 9.17) is 18.9 Å². The predicted molar refractivity (Wildman–Crippen MR) is 109 cm³/mol. The SMILES string of the molecule is CCN(Cc1ccc2c(c1)OCO2)C(=O)COC(=O)c1ccc(SC)cc1OC. The van der Waals surface area contributed by atoms with Crippen molar-refractivity contribution < 1.29 is 28.5 Å². The molecule has 0 bridgehead atoms. The number of rotatable bonds is 8. The Morgan fingerprint density at radius 3 is 2.66 bits per heavy atom. The Kier molecular flexibility index (Phi) is 6.87. The van der Waals surface area contributed by atoms with E-state index >= 15 is 0 Å². The fourth-order valence-corrected chi connectivity index (χ4v) is 3.33. The first-order chi connectivity index (χ1) is 14.0. The summed E-state index contributed by atoms with van der Waals surface area (Å²) < 4.78 is 21.2. The van der Waals surface area contributed by atoms with Gasteiger partial charge in [-0.3, -0.25) is 4.79 Å². The highest BCUT2D eigenvalue weighted by molar-refractivity contribution is 7.98. The van der Waals surface area contributed by atoms with Gasteiger partial charge in [-0.25, -0.2) is 4.79 Å². The van der Waals surface area contributed by atoms with Crippen molar-refractivity contribution in [2.24, 2.45) is 0 Å². The molecule has 0 saturated heterocycles. The van der Waals surface area contributed by atoms with Crippen molar-refractivity contribution in [1.82, 2.24) is 4.90 Å². The van der Waals surface area contributed by atoms with Crippen LogP contribution < -0.4 is 14.2 Å². The minimum absolute atomic E-state index is 0.201. The van der Waals surface area contributed by atoms with Gasteiger partial charge >= 0.3 is 5.97 Å². The summed E-state index contributed by atoms with van der Waals surface area (Å²) in [6.45, 7) is 2.60. The second kappa shape index (κ2) is 9.56. The first kappa shape index (κ1) is 20.9. The van der Waals surface area contributed by atoms with Crippen LogP contribution in [0.3, 0.4) is 0 Å². The molecule has 1 aliphatic rings. The third kappa shape index (κ3) is 4.95. The average Bonchev–Trinajstić information content (AvgIpc) is 3.22. The van der Waals surface area contributed by atoms with Gasteiger partial charge in [-0.15, -0.1) is 11.8 Å². The number of fused-ring (bicyclic) bond motifs is 1. The molecule has 8 heteroatoms. The largest absolute Gasteiger partial charge is 0.496 e. The number of hydrogen-bond acceptors (Lipinski definition) is 7. The number of nitrogens with zero attached hydrogens (tertiary/aromatic N) is 1. The molecule has 0 unspecified atom stereocenters. The third-order valence-electron chi connectivity index (χ3n) is 4.50. The summed E-state index contributed by atoms with van der Waals surface area (Å²) in [6.07, 6.45) is 1.94. The van der Waals surface area contributed by atoms with Crippen LogP contribution in [0.5, 0.6) is 17.2 Å². The summed E-state index contributed by atoms with van der Waals surface area (Å²) in [4.78, 5) is 27.6. The fraction of sp³-hybridized carbons (Fsp3) is 0.333. The fourth-order valence-electron chi connectivity index (χ4n) is 2.90. The smallest absolute Gasteiger partial charge is 0.342 e. The maximum atomic E-state index is 12.6. The van der Waals surface area contributed by atoms with E-state index in [0.29, 0.717) is 30.3 Å². The Hall–Kier alpha value is -2.87. The van der Waals surface area contributed by atoms with E-state index < -0.39 is 5.97 Å². The van der Waals surface area contributed by atoms with E-state index in [1.807, 2.05) is 37.4 Å². The van der Waals surface area contributed by atoms with Gasteiger partial charge in [0, 0.05) is 18.0 Å². The number of ether oxygens (including phenoxy) is 4. The topological polar surface area (TPSA) is 74.3 Å². The Balaban J connectivity index is 1.60. The summed E-state index contributed by atoms with van der Waals surface area (Å²) in [5, 5.41) is 0. The number of esters is 1. The van der Waals surface area contributed by atoms with Gasteiger partial charge in [-0.1, -0.05) is 6.07 Å². The summed E-state index contributed by atoms with van der Waals surface area (Å²) in [6, 6.07) is 10.8. The van der Waals surface area contributed by atoms with Crippen LogP contribution in [0.15, 0.2) is 41.3 Å². The van der Waals surface area contributed by atoms with Crippen molar-refractivity contribution in [3.63, 3.8) is 0 Å². The lowest BCUT2D eigenvalue weighted by Gasteiger charge is -2.21. The highest BCUT2D eigenvalue weighted by atomic mass is 32.2. The van der Waals surface area contributed by atoms with E-state index in [1.54, 1.807) is 28.8 Å². The molecule has 0 aliphatic carbocycles. The zero-order valence-corrected chi connectivity index (χ0v) is 17.4. The van der Waals surface area contributed by atoms with Crippen molar-refractivity contribution in [3.05, 3.63) is 47.5 Å². The molecule has 1 heterocycles. The highest BCUT2D eigenvalue weighted by Gasteiger charge is 2.20. The Morgan fingerprint density at radius 2 is 1.93 bits per heavy atom. The standard InChI is InChI=1S/C21H23NO6S/c1-4-22(11-14-5-8-17-19(9-14)28-13-27-17)20(23)12-26-21(24)16-7-6-15(29-3)10-18(16)25-2/h5-10H,4,11-13H2,1-3H3. The summed E-state index contributed by atoms with van der Waals surface area (Å²) in [5.41, 5.74) is 1.20. The van der Waals surface area contributed by atoms with Crippen LogP contribution in [0.1, 0.15) is 22.8 Å². The number of hydrogen-bond donors (Lipinski definition) is 0.